The smallest absolute Gasteiger partial charge is 0.288 e. The lowest BCUT2D eigenvalue weighted by Gasteiger charge is -2.17. The molecule has 0 saturated heterocycles. The van der Waals surface area contributed by atoms with Crippen LogP contribution in [0.1, 0.15) is 0 Å². The highest BCUT2D eigenvalue weighted by Gasteiger charge is 2.47. The first kappa shape index (κ1) is 10.4. The van der Waals surface area contributed by atoms with Crippen LogP contribution in [0.3, 0.4) is 0 Å². The van der Waals surface area contributed by atoms with Crippen molar-refractivity contribution in [3.63, 3.8) is 0 Å². The van der Waals surface area contributed by atoms with E-state index in [0.717, 1.165) is 0 Å². The number of halogens is 4. The molecule has 0 N–H and O–H groups in total. The van der Waals surface area contributed by atoms with Gasteiger partial charge in [-0.1, -0.05) is 34.8 Å². The van der Waals surface area contributed by atoms with Gasteiger partial charge in [0.2, 0.25) is 5.22 Å². The first-order chi connectivity index (χ1) is 6.43. The van der Waals surface area contributed by atoms with Crippen molar-refractivity contribution in [2.45, 2.75) is 4.52 Å². The number of allylic oxidation sites excluding steroid dienone is 3. The number of fused-ring (bicyclic) bond motifs is 1. The molecule has 0 aromatic carbocycles. The highest BCUT2D eigenvalue weighted by Crippen LogP contribution is 2.50. The Morgan fingerprint density at radius 3 is 2.43 bits per heavy atom. The number of carbonyl (C=O) groups is 1. The third kappa shape index (κ3) is 1.38. The molecule has 1 heterocycles. The van der Waals surface area contributed by atoms with Gasteiger partial charge in [0.05, 0.1) is 16.2 Å². The van der Waals surface area contributed by atoms with Gasteiger partial charge in [-0.25, -0.2) is 0 Å². The normalized spacial score (nSPS) is 24.1. The van der Waals surface area contributed by atoms with Gasteiger partial charge < -0.3 is 4.74 Å². The van der Waals surface area contributed by atoms with E-state index in [-0.39, 0.29) is 27.2 Å². The first-order valence-electron chi connectivity index (χ1n) is 3.53. The van der Waals surface area contributed by atoms with Gasteiger partial charge in [-0.15, -0.1) is 0 Å². The van der Waals surface area contributed by atoms with E-state index in [1.54, 1.807) is 0 Å². The predicted octanol–water partition coefficient (Wildman–Crippen LogP) is 3.23. The highest BCUT2D eigenvalue weighted by atomic mass is 35.5. The van der Waals surface area contributed by atoms with Crippen molar-refractivity contribution in [2.75, 3.05) is 0 Å². The van der Waals surface area contributed by atoms with Crippen LogP contribution in [-0.2, 0) is 9.53 Å². The monoisotopic (exact) mass is 270 g/mol. The van der Waals surface area contributed by atoms with Crippen molar-refractivity contribution >= 4 is 52.2 Å². The number of alkyl halides is 2. The maximum absolute atomic E-state index is 11.4. The molecule has 0 spiro atoms. The van der Waals surface area contributed by atoms with Gasteiger partial charge in [-0.05, 0) is 23.8 Å². The van der Waals surface area contributed by atoms with E-state index in [4.69, 9.17) is 51.1 Å². The Bertz CT molecular complexity index is 417. The Kier molecular flexibility index (Phi) is 2.35. The van der Waals surface area contributed by atoms with Crippen LogP contribution in [0.25, 0.3) is 0 Å². The Balaban J connectivity index is 2.67. The molecule has 0 saturated carbocycles. The summed E-state index contributed by atoms with van der Waals surface area (Å²) < 4.78 is 3.23. The summed E-state index contributed by atoms with van der Waals surface area (Å²) in [5.41, 5.74) is 0.337. The minimum absolute atomic E-state index is 0.127. The zero-order chi connectivity index (χ0) is 10.5. The second kappa shape index (κ2) is 3.17. The Labute approximate surface area is 99.7 Å². The minimum atomic E-state index is -1.68. The quantitative estimate of drug-likeness (QED) is 0.633. The predicted molar refractivity (Wildman–Crippen MR) is 55.4 cm³/mol. The number of ketones is 1. The molecule has 6 heteroatoms. The molecule has 1 aliphatic heterocycles. The van der Waals surface area contributed by atoms with Crippen LogP contribution in [-0.4, -0.2) is 10.3 Å². The molecular weight excluding hydrogens is 270 g/mol. The molecule has 0 aromatic heterocycles. The van der Waals surface area contributed by atoms with E-state index in [1.807, 2.05) is 0 Å². The Morgan fingerprint density at radius 2 is 1.86 bits per heavy atom. The summed E-state index contributed by atoms with van der Waals surface area (Å²) >= 11 is 23.1. The average Bonchev–Trinajstić information content (AvgIpc) is 2.30. The Morgan fingerprint density at radius 1 is 1.21 bits per heavy atom. The zero-order valence-corrected chi connectivity index (χ0v) is 9.51. The van der Waals surface area contributed by atoms with Crippen LogP contribution < -0.4 is 0 Å². The van der Waals surface area contributed by atoms with Gasteiger partial charge in [0.1, 0.15) is 0 Å². The fourth-order valence-electron chi connectivity index (χ4n) is 1.25. The molecule has 0 aromatic rings. The van der Waals surface area contributed by atoms with Crippen molar-refractivity contribution in [1.82, 2.24) is 0 Å². The fourth-order valence-corrected chi connectivity index (χ4v) is 2.57. The van der Waals surface area contributed by atoms with E-state index >= 15 is 0 Å². The lowest BCUT2D eigenvalue weighted by molar-refractivity contribution is -0.111. The third-order valence-corrected chi connectivity index (χ3v) is 2.94. The molecule has 0 unspecified atom stereocenters. The molecular formula is C8H2Cl4O2. The second-order valence-corrected chi connectivity index (χ2v) is 4.70. The molecule has 1 aliphatic carbocycles. The maximum Gasteiger partial charge on any atom is 0.288 e. The largest absolute Gasteiger partial charge is 0.442 e. The summed E-state index contributed by atoms with van der Waals surface area (Å²) in [6, 6.07) is 0. The van der Waals surface area contributed by atoms with E-state index < -0.39 is 4.52 Å². The number of rotatable bonds is 0. The summed E-state index contributed by atoms with van der Waals surface area (Å²) in [5.74, 6) is -0.322. The number of carbonyl (C=O) groups excluding carboxylic acids is 1. The van der Waals surface area contributed by atoms with Crippen molar-refractivity contribution in [3.8, 4) is 0 Å². The molecule has 0 fully saturated rings. The maximum atomic E-state index is 11.4. The van der Waals surface area contributed by atoms with Crippen molar-refractivity contribution in [3.05, 3.63) is 33.5 Å². The van der Waals surface area contributed by atoms with E-state index in [9.17, 15) is 4.79 Å². The van der Waals surface area contributed by atoms with Crippen LogP contribution in [0.5, 0.6) is 0 Å². The van der Waals surface area contributed by atoms with Crippen molar-refractivity contribution in [1.29, 1.82) is 0 Å². The number of ether oxygens (including phenoxy) is 1. The molecule has 74 valence electrons. The molecule has 0 bridgehead atoms. The Hall–Kier alpha value is -0.150. The summed E-state index contributed by atoms with van der Waals surface area (Å²) in [7, 11) is 0. The van der Waals surface area contributed by atoms with Crippen LogP contribution in [0.2, 0.25) is 0 Å². The standard InChI is InChI=1S/C8H2Cl4O2/c9-3-1-2-4(13)5-6(3)8(11,12)14-7(5)10/h1-2H. The summed E-state index contributed by atoms with van der Waals surface area (Å²) in [5, 5.41) is 0.123. The SMILES string of the molecule is O=C1C=CC(Cl)=C2C1=C(Cl)OC2(Cl)Cl. The molecule has 2 nitrogen and oxygen atoms in total. The fraction of sp³-hybridized carbons (Fsp3) is 0.125. The average molecular weight is 272 g/mol. The van der Waals surface area contributed by atoms with Gasteiger partial charge in [0, 0.05) is 0 Å². The summed E-state index contributed by atoms with van der Waals surface area (Å²) in [6.07, 6.45) is 2.68. The molecule has 0 atom stereocenters. The van der Waals surface area contributed by atoms with E-state index in [1.165, 1.54) is 12.2 Å². The molecule has 0 amide bonds. The van der Waals surface area contributed by atoms with Crippen LogP contribution in [0, 0.1) is 0 Å². The van der Waals surface area contributed by atoms with Crippen molar-refractivity contribution < 1.29 is 9.53 Å². The topological polar surface area (TPSA) is 26.3 Å². The molecule has 2 aliphatic rings. The first-order valence-corrected chi connectivity index (χ1v) is 5.04. The van der Waals surface area contributed by atoms with Crippen LogP contribution >= 0.6 is 46.4 Å². The molecule has 14 heavy (non-hydrogen) atoms. The number of hydrogen-bond donors (Lipinski definition) is 0. The van der Waals surface area contributed by atoms with Crippen LogP contribution in [0.4, 0.5) is 0 Å². The van der Waals surface area contributed by atoms with Gasteiger partial charge in [-0.3, -0.25) is 4.79 Å². The summed E-state index contributed by atoms with van der Waals surface area (Å²) in [6.45, 7) is 0. The third-order valence-electron chi connectivity index (χ3n) is 1.82. The minimum Gasteiger partial charge on any atom is -0.442 e. The van der Waals surface area contributed by atoms with Gasteiger partial charge in [0.25, 0.3) is 4.52 Å². The van der Waals surface area contributed by atoms with Gasteiger partial charge in [-0.2, -0.15) is 0 Å². The second-order valence-electron chi connectivity index (χ2n) is 2.69. The lowest BCUT2D eigenvalue weighted by atomic mass is 10.00. The molecule has 2 rings (SSSR count). The highest BCUT2D eigenvalue weighted by molar-refractivity contribution is 6.53. The van der Waals surface area contributed by atoms with Crippen molar-refractivity contribution in [2.24, 2.45) is 0 Å². The van der Waals surface area contributed by atoms with Gasteiger partial charge in [0.15, 0.2) is 5.78 Å². The molecule has 0 radical (unpaired) electrons. The number of hydrogen-bond acceptors (Lipinski definition) is 2. The van der Waals surface area contributed by atoms with E-state index in [2.05, 4.69) is 0 Å². The summed E-state index contributed by atoms with van der Waals surface area (Å²) in [4.78, 5) is 11.4. The zero-order valence-electron chi connectivity index (χ0n) is 6.48. The van der Waals surface area contributed by atoms with Crippen LogP contribution in [0.15, 0.2) is 33.5 Å². The van der Waals surface area contributed by atoms with E-state index in [0.29, 0.717) is 0 Å². The van der Waals surface area contributed by atoms with Gasteiger partial charge >= 0.3 is 0 Å². The lowest BCUT2D eigenvalue weighted by Crippen LogP contribution is -2.18.